The molecule has 1 aromatic heterocycles. The minimum Gasteiger partial charge on any atom is -0.249 e. The molecule has 0 spiro atoms. The van der Waals surface area contributed by atoms with Crippen molar-refractivity contribution in [1.29, 1.82) is 0 Å². The van der Waals surface area contributed by atoms with Crippen LogP contribution in [-0.4, -0.2) is 14.8 Å². The fourth-order valence-electron chi connectivity index (χ4n) is 1.46. The first-order valence-corrected chi connectivity index (χ1v) is 4.55. The first-order valence-electron chi connectivity index (χ1n) is 4.55. The van der Waals surface area contributed by atoms with Crippen LogP contribution in [0.3, 0.4) is 0 Å². The lowest BCUT2D eigenvalue weighted by Crippen LogP contribution is -2.03. The highest BCUT2D eigenvalue weighted by Gasteiger charge is 2.01. The lowest BCUT2D eigenvalue weighted by molar-refractivity contribution is 0.647. The van der Waals surface area contributed by atoms with E-state index in [-0.39, 0.29) is 0 Å². The van der Waals surface area contributed by atoms with Gasteiger partial charge in [-0.1, -0.05) is 18.2 Å². The topological polar surface area (TPSA) is 30.7 Å². The molecule has 0 amide bonds. The van der Waals surface area contributed by atoms with Crippen molar-refractivity contribution in [2.45, 2.75) is 26.3 Å². The van der Waals surface area contributed by atoms with E-state index >= 15 is 0 Å². The second-order valence-electron chi connectivity index (χ2n) is 3.28. The summed E-state index contributed by atoms with van der Waals surface area (Å²) < 4.78 is 1.89. The molecule has 0 fully saturated rings. The van der Waals surface area contributed by atoms with Crippen LogP contribution in [0.4, 0.5) is 0 Å². The molecule has 68 valence electrons. The summed E-state index contributed by atoms with van der Waals surface area (Å²) in [5, 5.41) is 4.25. The number of aryl methyl sites for hydroxylation is 1. The van der Waals surface area contributed by atoms with Gasteiger partial charge in [0, 0.05) is 0 Å². The molecule has 0 aliphatic heterocycles. The first-order chi connectivity index (χ1) is 6.34. The van der Waals surface area contributed by atoms with E-state index < -0.39 is 0 Å². The molecule has 0 bridgehead atoms. The van der Waals surface area contributed by atoms with E-state index in [9.17, 15) is 0 Å². The molecule has 0 N–H and O–H groups in total. The van der Waals surface area contributed by atoms with Crippen LogP contribution in [0.5, 0.6) is 0 Å². The van der Waals surface area contributed by atoms with Gasteiger partial charge in [-0.05, 0) is 25.3 Å². The Labute approximate surface area is 77.8 Å². The van der Waals surface area contributed by atoms with Gasteiger partial charge in [0.2, 0.25) is 0 Å². The fraction of sp³-hybridized carbons (Fsp3) is 0.400. The quantitative estimate of drug-likeness (QED) is 0.687. The summed E-state index contributed by atoms with van der Waals surface area (Å²) in [5.41, 5.74) is 1.42. The van der Waals surface area contributed by atoms with Crippen LogP contribution in [0.1, 0.15) is 18.7 Å². The van der Waals surface area contributed by atoms with Crippen molar-refractivity contribution in [2.24, 2.45) is 0 Å². The van der Waals surface area contributed by atoms with E-state index in [1.165, 1.54) is 5.57 Å². The molecule has 0 unspecified atom stereocenters. The average Bonchev–Trinajstić information content (AvgIpc) is 2.53. The Morgan fingerprint density at radius 3 is 3.08 bits per heavy atom. The maximum atomic E-state index is 4.25. The van der Waals surface area contributed by atoms with E-state index in [0.717, 1.165) is 25.2 Å². The molecule has 3 nitrogen and oxygen atoms in total. The van der Waals surface area contributed by atoms with Gasteiger partial charge in [0.15, 0.2) is 0 Å². The molecule has 1 aliphatic carbocycles. The maximum absolute atomic E-state index is 4.25. The number of hydrogen-bond acceptors (Lipinski definition) is 2. The average molecular weight is 175 g/mol. The molecule has 0 aromatic carbocycles. The third kappa shape index (κ3) is 2.05. The second-order valence-corrected chi connectivity index (χ2v) is 3.28. The Kier molecular flexibility index (Phi) is 2.25. The monoisotopic (exact) mass is 175 g/mol. The van der Waals surface area contributed by atoms with E-state index in [4.69, 9.17) is 0 Å². The molecular weight excluding hydrogens is 162 g/mol. The zero-order valence-corrected chi connectivity index (χ0v) is 7.77. The predicted octanol–water partition coefficient (Wildman–Crippen LogP) is 1.86. The smallest absolute Gasteiger partial charge is 0.147 e. The highest BCUT2D eigenvalue weighted by atomic mass is 15.3. The van der Waals surface area contributed by atoms with Gasteiger partial charge in [0.05, 0.1) is 6.54 Å². The summed E-state index contributed by atoms with van der Waals surface area (Å²) in [6.45, 7) is 2.79. The van der Waals surface area contributed by atoms with Gasteiger partial charge in [-0.3, -0.25) is 0 Å². The van der Waals surface area contributed by atoms with Crippen molar-refractivity contribution >= 4 is 0 Å². The van der Waals surface area contributed by atoms with Gasteiger partial charge in [0.1, 0.15) is 12.2 Å². The van der Waals surface area contributed by atoms with Gasteiger partial charge >= 0.3 is 0 Å². The van der Waals surface area contributed by atoms with Crippen LogP contribution in [-0.2, 0) is 6.54 Å². The summed E-state index contributed by atoms with van der Waals surface area (Å²) in [6.07, 6.45) is 10.6. The van der Waals surface area contributed by atoms with Crippen LogP contribution >= 0.6 is 0 Å². The molecule has 1 aliphatic rings. The number of hydrogen-bond donors (Lipinski definition) is 0. The highest BCUT2D eigenvalue weighted by Crippen LogP contribution is 2.12. The van der Waals surface area contributed by atoms with Gasteiger partial charge in [0.25, 0.3) is 0 Å². The van der Waals surface area contributed by atoms with E-state index in [2.05, 4.69) is 28.3 Å². The summed E-state index contributed by atoms with van der Waals surface area (Å²) in [4.78, 5) is 4.09. The molecule has 13 heavy (non-hydrogen) atoms. The fourth-order valence-corrected chi connectivity index (χ4v) is 1.46. The second kappa shape index (κ2) is 3.56. The van der Waals surface area contributed by atoms with Crippen molar-refractivity contribution < 1.29 is 0 Å². The maximum Gasteiger partial charge on any atom is 0.147 e. The predicted molar refractivity (Wildman–Crippen MR) is 51.2 cm³/mol. The molecule has 1 aromatic rings. The van der Waals surface area contributed by atoms with E-state index in [1.54, 1.807) is 6.33 Å². The zero-order valence-electron chi connectivity index (χ0n) is 7.77. The number of nitrogens with zero attached hydrogens (tertiary/aromatic N) is 3. The molecule has 1 heterocycles. The molecular formula is C10H13N3. The lowest BCUT2D eigenvalue weighted by atomic mass is 10.1. The molecule has 3 heteroatoms. The molecule has 0 atom stereocenters. The Morgan fingerprint density at radius 2 is 2.46 bits per heavy atom. The van der Waals surface area contributed by atoms with Crippen LogP contribution < -0.4 is 0 Å². The number of rotatable bonds is 2. The summed E-state index contributed by atoms with van der Waals surface area (Å²) in [6, 6.07) is 0. The van der Waals surface area contributed by atoms with E-state index in [1.807, 2.05) is 11.6 Å². The molecule has 0 saturated carbocycles. The van der Waals surface area contributed by atoms with Crippen molar-refractivity contribution in [3.8, 4) is 0 Å². The van der Waals surface area contributed by atoms with Crippen LogP contribution in [0.15, 0.2) is 30.1 Å². The van der Waals surface area contributed by atoms with Crippen LogP contribution in [0.25, 0.3) is 0 Å². The van der Waals surface area contributed by atoms with E-state index in [0.29, 0.717) is 0 Å². The van der Waals surface area contributed by atoms with Gasteiger partial charge in [-0.2, -0.15) is 5.10 Å². The first kappa shape index (κ1) is 8.23. The Bertz CT molecular complexity index is 347. The molecule has 0 saturated heterocycles. The third-order valence-electron chi connectivity index (χ3n) is 2.12. The summed E-state index contributed by atoms with van der Waals surface area (Å²) in [7, 11) is 0. The van der Waals surface area contributed by atoms with Crippen molar-refractivity contribution in [3.05, 3.63) is 36.0 Å². The largest absolute Gasteiger partial charge is 0.249 e. The van der Waals surface area contributed by atoms with Crippen LogP contribution in [0.2, 0.25) is 0 Å². The summed E-state index contributed by atoms with van der Waals surface area (Å²) >= 11 is 0. The standard InChI is InChI=1S/C10H13N3/c1-9-11-8-13(12-9)7-10-5-3-2-4-6-10/h2-3,5,8H,4,6-7H2,1H3. The van der Waals surface area contributed by atoms with Gasteiger partial charge in [-0.25, -0.2) is 9.67 Å². The minimum atomic E-state index is 0.840. The Balaban J connectivity index is 2.05. The zero-order chi connectivity index (χ0) is 9.10. The minimum absolute atomic E-state index is 0.840. The van der Waals surface area contributed by atoms with Crippen molar-refractivity contribution in [3.63, 3.8) is 0 Å². The van der Waals surface area contributed by atoms with Gasteiger partial charge in [-0.15, -0.1) is 0 Å². The third-order valence-corrected chi connectivity index (χ3v) is 2.12. The SMILES string of the molecule is Cc1ncn(CC2=CC=CCC2)n1. The highest BCUT2D eigenvalue weighted by molar-refractivity contribution is 5.17. The summed E-state index contributed by atoms with van der Waals surface area (Å²) in [5.74, 6) is 0.840. The van der Waals surface area contributed by atoms with Gasteiger partial charge < -0.3 is 0 Å². The normalized spacial score (nSPS) is 15.9. The lowest BCUT2D eigenvalue weighted by Gasteiger charge is -2.07. The number of allylic oxidation sites excluding steroid dienone is 4. The Morgan fingerprint density at radius 1 is 1.54 bits per heavy atom. The van der Waals surface area contributed by atoms with Crippen LogP contribution in [0, 0.1) is 6.92 Å². The molecule has 2 rings (SSSR count). The van der Waals surface area contributed by atoms with Crippen molar-refractivity contribution in [1.82, 2.24) is 14.8 Å². The van der Waals surface area contributed by atoms with Crippen molar-refractivity contribution in [2.75, 3.05) is 0 Å². The molecule has 0 radical (unpaired) electrons. The number of aromatic nitrogens is 3. The Hall–Kier alpha value is -1.38.